The van der Waals surface area contributed by atoms with E-state index in [1.54, 1.807) is 22.7 Å². The van der Waals surface area contributed by atoms with Crippen molar-refractivity contribution in [3.63, 3.8) is 0 Å². The Hall–Kier alpha value is -1.56. The number of nitrogens with zero attached hydrogens (tertiary/aromatic N) is 2. The quantitative estimate of drug-likeness (QED) is 0.767. The van der Waals surface area contributed by atoms with Crippen molar-refractivity contribution in [2.45, 2.75) is 25.4 Å². The fourth-order valence-electron chi connectivity index (χ4n) is 2.24. The average Bonchev–Trinajstić information content (AvgIpc) is 3.03. The molecule has 2 heterocycles. The van der Waals surface area contributed by atoms with Crippen LogP contribution in [0.3, 0.4) is 0 Å². The Bertz CT molecular complexity index is 715. The molecule has 1 N–H and O–H groups in total. The first kappa shape index (κ1) is 13.1. The summed E-state index contributed by atoms with van der Waals surface area (Å²) in [5, 5.41) is 4.65. The normalized spacial score (nSPS) is 14.5. The van der Waals surface area contributed by atoms with Crippen LogP contribution in [0.1, 0.15) is 18.5 Å². The van der Waals surface area contributed by atoms with E-state index >= 15 is 0 Å². The summed E-state index contributed by atoms with van der Waals surface area (Å²) in [5.41, 5.74) is 4.26. The van der Waals surface area contributed by atoms with Crippen molar-refractivity contribution in [1.82, 2.24) is 15.3 Å². The van der Waals surface area contributed by atoms with E-state index < -0.39 is 0 Å². The van der Waals surface area contributed by atoms with Gasteiger partial charge in [-0.3, -0.25) is 4.98 Å². The second-order valence-electron chi connectivity index (χ2n) is 5.18. The van der Waals surface area contributed by atoms with Gasteiger partial charge in [-0.2, -0.15) is 0 Å². The molecular formula is C16H15N3S2. The van der Waals surface area contributed by atoms with Gasteiger partial charge in [-0.1, -0.05) is 30.3 Å². The largest absolute Gasteiger partial charge is 0.308 e. The summed E-state index contributed by atoms with van der Waals surface area (Å²) >= 11 is 3.41. The van der Waals surface area contributed by atoms with Gasteiger partial charge in [0.2, 0.25) is 0 Å². The van der Waals surface area contributed by atoms with Crippen molar-refractivity contribution in [3.05, 3.63) is 47.7 Å². The standard InChI is InChI=1S/C16H15N3S2/c1-2-4-11(5-3-1)15-13(8-18-12-6-7-12)19-16(21-15)14-9-17-10-20-14/h1-5,9-10,12,18H,6-8H2. The molecule has 0 amide bonds. The first-order chi connectivity index (χ1) is 10.4. The maximum Gasteiger partial charge on any atom is 0.135 e. The zero-order chi connectivity index (χ0) is 14.1. The summed E-state index contributed by atoms with van der Waals surface area (Å²) in [6.45, 7) is 0.851. The van der Waals surface area contributed by atoms with Crippen LogP contribution in [0, 0.1) is 0 Å². The van der Waals surface area contributed by atoms with Crippen LogP contribution in [-0.2, 0) is 6.54 Å². The molecule has 21 heavy (non-hydrogen) atoms. The van der Waals surface area contributed by atoms with Gasteiger partial charge in [0.05, 0.1) is 21.0 Å². The second kappa shape index (κ2) is 5.67. The molecule has 0 radical (unpaired) electrons. The Morgan fingerprint density at radius 1 is 1.19 bits per heavy atom. The van der Waals surface area contributed by atoms with E-state index in [0.717, 1.165) is 22.1 Å². The first-order valence-electron chi connectivity index (χ1n) is 7.07. The van der Waals surface area contributed by atoms with Gasteiger partial charge in [-0.25, -0.2) is 4.98 Å². The highest BCUT2D eigenvalue weighted by Crippen LogP contribution is 2.37. The predicted molar refractivity (Wildman–Crippen MR) is 88.5 cm³/mol. The average molecular weight is 313 g/mol. The number of benzene rings is 1. The highest BCUT2D eigenvalue weighted by molar-refractivity contribution is 7.22. The molecular weight excluding hydrogens is 298 g/mol. The molecule has 1 fully saturated rings. The summed E-state index contributed by atoms with van der Waals surface area (Å²) in [7, 11) is 0. The Morgan fingerprint density at radius 2 is 2.05 bits per heavy atom. The van der Waals surface area contributed by atoms with Gasteiger partial charge < -0.3 is 5.32 Å². The Kier molecular flexibility index (Phi) is 3.55. The Balaban J connectivity index is 1.71. The summed E-state index contributed by atoms with van der Waals surface area (Å²) in [5.74, 6) is 0. The molecule has 3 nitrogen and oxygen atoms in total. The third-order valence-corrected chi connectivity index (χ3v) is 5.60. The fraction of sp³-hybridized carbons (Fsp3) is 0.250. The zero-order valence-corrected chi connectivity index (χ0v) is 13.1. The summed E-state index contributed by atoms with van der Waals surface area (Å²) in [4.78, 5) is 11.4. The monoisotopic (exact) mass is 313 g/mol. The molecule has 1 saturated carbocycles. The van der Waals surface area contributed by atoms with E-state index in [0.29, 0.717) is 6.04 Å². The Morgan fingerprint density at radius 3 is 2.76 bits per heavy atom. The predicted octanol–water partition coefficient (Wildman–Crippen LogP) is 4.19. The molecule has 0 atom stereocenters. The van der Waals surface area contributed by atoms with Crippen molar-refractivity contribution in [3.8, 4) is 20.3 Å². The van der Waals surface area contributed by atoms with Crippen LogP contribution in [0.25, 0.3) is 20.3 Å². The molecule has 1 aliphatic rings. The molecule has 2 aromatic heterocycles. The highest BCUT2D eigenvalue weighted by atomic mass is 32.1. The molecule has 106 valence electrons. The molecule has 0 aliphatic heterocycles. The van der Waals surface area contributed by atoms with Crippen molar-refractivity contribution in [1.29, 1.82) is 0 Å². The van der Waals surface area contributed by atoms with Crippen LogP contribution in [0.15, 0.2) is 42.0 Å². The van der Waals surface area contributed by atoms with E-state index in [1.165, 1.54) is 23.3 Å². The number of aromatic nitrogens is 2. The van der Waals surface area contributed by atoms with Crippen LogP contribution in [0.5, 0.6) is 0 Å². The lowest BCUT2D eigenvalue weighted by Gasteiger charge is -2.03. The third-order valence-electron chi connectivity index (χ3n) is 3.51. The number of rotatable bonds is 5. The van der Waals surface area contributed by atoms with E-state index in [2.05, 4.69) is 40.6 Å². The lowest BCUT2D eigenvalue weighted by atomic mass is 10.1. The highest BCUT2D eigenvalue weighted by Gasteiger charge is 2.22. The topological polar surface area (TPSA) is 37.8 Å². The molecule has 0 saturated heterocycles. The Labute approximate surface area is 131 Å². The fourth-order valence-corrected chi connectivity index (χ4v) is 4.01. The minimum Gasteiger partial charge on any atom is -0.308 e. The smallest absolute Gasteiger partial charge is 0.135 e. The maximum absolute atomic E-state index is 4.86. The van der Waals surface area contributed by atoms with Crippen LogP contribution < -0.4 is 5.32 Å². The second-order valence-corrected chi connectivity index (χ2v) is 7.07. The van der Waals surface area contributed by atoms with Gasteiger partial charge >= 0.3 is 0 Å². The van der Waals surface area contributed by atoms with Gasteiger partial charge in [0.1, 0.15) is 5.01 Å². The SMILES string of the molecule is c1ccc(-c2sc(-c3cncs3)nc2CNC2CC2)cc1. The molecule has 1 aliphatic carbocycles. The van der Waals surface area contributed by atoms with E-state index in [-0.39, 0.29) is 0 Å². The van der Waals surface area contributed by atoms with Crippen molar-refractivity contribution < 1.29 is 0 Å². The molecule has 0 spiro atoms. The molecule has 0 unspecified atom stereocenters. The molecule has 3 aromatic rings. The summed E-state index contributed by atoms with van der Waals surface area (Å²) in [6, 6.07) is 11.2. The van der Waals surface area contributed by atoms with Crippen molar-refractivity contribution in [2.75, 3.05) is 0 Å². The number of hydrogen-bond acceptors (Lipinski definition) is 5. The van der Waals surface area contributed by atoms with Crippen LogP contribution in [0.2, 0.25) is 0 Å². The molecule has 4 rings (SSSR count). The van der Waals surface area contributed by atoms with E-state index in [1.807, 2.05) is 11.7 Å². The van der Waals surface area contributed by atoms with Gasteiger partial charge in [-0.15, -0.1) is 22.7 Å². The molecule has 1 aromatic carbocycles. The van der Waals surface area contributed by atoms with Crippen molar-refractivity contribution >= 4 is 22.7 Å². The van der Waals surface area contributed by atoms with Crippen LogP contribution in [-0.4, -0.2) is 16.0 Å². The first-order valence-corrected chi connectivity index (χ1v) is 8.77. The minimum atomic E-state index is 0.696. The van der Waals surface area contributed by atoms with Gasteiger partial charge in [0.15, 0.2) is 0 Å². The molecule has 5 heteroatoms. The minimum absolute atomic E-state index is 0.696. The lowest BCUT2D eigenvalue weighted by molar-refractivity contribution is 0.678. The number of thiazole rings is 2. The van der Waals surface area contributed by atoms with Crippen LogP contribution >= 0.6 is 22.7 Å². The van der Waals surface area contributed by atoms with Crippen molar-refractivity contribution in [2.24, 2.45) is 0 Å². The van der Waals surface area contributed by atoms with E-state index in [4.69, 9.17) is 4.98 Å². The number of nitrogens with one attached hydrogen (secondary N) is 1. The maximum atomic E-state index is 4.86. The molecule has 0 bridgehead atoms. The number of hydrogen-bond donors (Lipinski definition) is 1. The zero-order valence-electron chi connectivity index (χ0n) is 11.5. The van der Waals surface area contributed by atoms with Gasteiger partial charge in [0, 0.05) is 18.8 Å². The summed E-state index contributed by atoms with van der Waals surface area (Å²) < 4.78 is 0. The third kappa shape index (κ3) is 2.90. The van der Waals surface area contributed by atoms with Gasteiger partial charge in [-0.05, 0) is 18.4 Å². The lowest BCUT2D eigenvalue weighted by Crippen LogP contribution is -2.16. The van der Waals surface area contributed by atoms with Crippen LogP contribution in [0.4, 0.5) is 0 Å². The van der Waals surface area contributed by atoms with Gasteiger partial charge in [0.25, 0.3) is 0 Å². The summed E-state index contributed by atoms with van der Waals surface area (Å²) in [6.07, 6.45) is 4.50. The van der Waals surface area contributed by atoms with E-state index in [9.17, 15) is 0 Å².